The third kappa shape index (κ3) is 4.57. The molecule has 0 radical (unpaired) electrons. The topological polar surface area (TPSA) is 88.5 Å². The molecule has 0 fully saturated rings. The van der Waals surface area contributed by atoms with E-state index in [-0.39, 0.29) is 12.3 Å². The third-order valence-electron chi connectivity index (χ3n) is 2.66. The second kappa shape index (κ2) is 6.17. The van der Waals surface area contributed by atoms with Gasteiger partial charge in [-0.15, -0.1) is 0 Å². The lowest BCUT2D eigenvalue weighted by molar-refractivity contribution is -0.137. The molecule has 1 rings (SSSR count). The fourth-order valence-electron chi connectivity index (χ4n) is 1.59. The minimum atomic E-state index is -0.885. The van der Waals surface area contributed by atoms with E-state index in [1.807, 2.05) is 0 Å². The number of carboxylic acids is 1. The van der Waals surface area contributed by atoms with E-state index in [9.17, 15) is 9.59 Å². The predicted molar refractivity (Wildman–Crippen MR) is 69.2 cm³/mol. The molecule has 19 heavy (non-hydrogen) atoms. The number of nitrogens with one attached hydrogen (secondary N) is 1. The number of aromatic nitrogens is 1. The van der Waals surface area contributed by atoms with Gasteiger partial charge in [0, 0.05) is 18.2 Å². The monoisotopic (exact) mass is 266 g/mol. The second-order valence-electron chi connectivity index (χ2n) is 4.81. The Balaban J connectivity index is 2.75. The molecule has 0 aliphatic heterocycles. The zero-order chi connectivity index (χ0) is 14.5. The molecule has 1 heterocycles. The van der Waals surface area contributed by atoms with Crippen LogP contribution in [0.5, 0.6) is 5.75 Å². The molecule has 0 atom stereocenters. The Bertz CT molecular complexity index is 471. The molecule has 0 aliphatic carbocycles. The molecule has 0 unspecified atom stereocenters. The minimum absolute atomic E-state index is 0.000754. The molecule has 0 saturated heterocycles. The Kier molecular flexibility index (Phi) is 4.86. The number of carbonyl (C=O) groups is 2. The molecule has 0 bridgehead atoms. The molecule has 6 nitrogen and oxygen atoms in total. The number of aliphatic carboxylic acids is 1. The molecular weight excluding hydrogens is 248 g/mol. The maximum Gasteiger partial charge on any atom is 0.303 e. The van der Waals surface area contributed by atoms with Gasteiger partial charge in [0.05, 0.1) is 18.9 Å². The molecule has 1 aromatic heterocycles. The van der Waals surface area contributed by atoms with Crippen molar-refractivity contribution in [1.29, 1.82) is 0 Å². The number of hydrogen-bond acceptors (Lipinski definition) is 4. The first kappa shape index (κ1) is 14.9. The second-order valence-corrected chi connectivity index (χ2v) is 4.81. The van der Waals surface area contributed by atoms with E-state index in [1.165, 1.54) is 19.5 Å². The summed E-state index contributed by atoms with van der Waals surface area (Å²) in [7, 11) is 1.46. The van der Waals surface area contributed by atoms with Gasteiger partial charge in [0.2, 0.25) is 0 Å². The Hall–Kier alpha value is -2.11. The van der Waals surface area contributed by atoms with Crippen LogP contribution < -0.4 is 10.1 Å². The Morgan fingerprint density at radius 1 is 1.47 bits per heavy atom. The molecule has 0 spiro atoms. The largest absolute Gasteiger partial charge is 0.494 e. The average molecular weight is 266 g/mol. The zero-order valence-corrected chi connectivity index (χ0v) is 11.3. The highest BCUT2D eigenvalue weighted by atomic mass is 16.5. The fourth-order valence-corrected chi connectivity index (χ4v) is 1.59. The predicted octanol–water partition coefficient (Wildman–Crippen LogP) is 1.46. The van der Waals surface area contributed by atoms with Gasteiger partial charge >= 0.3 is 5.97 Å². The summed E-state index contributed by atoms with van der Waals surface area (Å²) in [5.41, 5.74) is -0.232. The van der Waals surface area contributed by atoms with Crippen molar-refractivity contribution in [3.05, 3.63) is 24.0 Å². The summed E-state index contributed by atoms with van der Waals surface area (Å²) >= 11 is 0. The molecule has 0 saturated carbocycles. The number of ether oxygens (including phenoxy) is 1. The molecule has 0 aliphatic rings. The zero-order valence-electron chi connectivity index (χ0n) is 11.3. The minimum Gasteiger partial charge on any atom is -0.494 e. The lowest BCUT2D eigenvalue weighted by atomic mass is 9.98. The van der Waals surface area contributed by atoms with Crippen LogP contribution in [-0.2, 0) is 4.79 Å². The molecule has 0 aromatic carbocycles. The van der Waals surface area contributed by atoms with Gasteiger partial charge in [0.25, 0.3) is 5.91 Å². The van der Waals surface area contributed by atoms with Crippen LogP contribution in [0.15, 0.2) is 18.5 Å². The number of hydrogen-bond donors (Lipinski definition) is 2. The summed E-state index contributed by atoms with van der Waals surface area (Å²) < 4.78 is 5.06. The smallest absolute Gasteiger partial charge is 0.303 e. The Morgan fingerprint density at radius 3 is 2.74 bits per heavy atom. The maximum absolute atomic E-state index is 12.1. The first-order valence-electron chi connectivity index (χ1n) is 5.88. The van der Waals surface area contributed by atoms with Crippen molar-refractivity contribution < 1.29 is 19.4 Å². The van der Waals surface area contributed by atoms with Crippen LogP contribution >= 0.6 is 0 Å². The summed E-state index contributed by atoms with van der Waals surface area (Å²) in [6, 6.07) is 1.56. The lowest BCUT2D eigenvalue weighted by Crippen LogP contribution is -2.43. The van der Waals surface area contributed by atoms with Crippen LogP contribution in [-0.4, -0.2) is 34.6 Å². The molecule has 1 aromatic rings. The van der Waals surface area contributed by atoms with E-state index >= 15 is 0 Å². The van der Waals surface area contributed by atoms with Gasteiger partial charge in [-0.25, -0.2) is 0 Å². The number of nitrogens with zero attached hydrogens (tertiary/aromatic N) is 1. The van der Waals surface area contributed by atoms with E-state index in [2.05, 4.69) is 10.3 Å². The molecule has 6 heteroatoms. The van der Waals surface area contributed by atoms with E-state index in [0.717, 1.165) is 0 Å². The summed E-state index contributed by atoms with van der Waals surface area (Å²) in [6.45, 7) is 3.56. The van der Waals surface area contributed by atoms with E-state index in [1.54, 1.807) is 19.9 Å². The lowest BCUT2D eigenvalue weighted by Gasteiger charge is -2.26. The summed E-state index contributed by atoms with van der Waals surface area (Å²) in [5, 5.41) is 11.5. The van der Waals surface area contributed by atoms with Gasteiger partial charge in [-0.1, -0.05) is 0 Å². The van der Waals surface area contributed by atoms with Crippen molar-refractivity contribution in [1.82, 2.24) is 10.3 Å². The third-order valence-corrected chi connectivity index (χ3v) is 2.66. The normalized spacial score (nSPS) is 10.9. The molecule has 2 N–H and O–H groups in total. The average Bonchev–Trinajstić information content (AvgIpc) is 2.36. The van der Waals surface area contributed by atoms with Gasteiger partial charge in [-0.05, 0) is 26.3 Å². The number of carbonyl (C=O) groups excluding carboxylic acids is 1. The van der Waals surface area contributed by atoms with Crippen molar-refractivity contribution in [3.63, 3.8) is 0 Å². The van der Waals surface area contributed by atoms with Gasteiger partial charge in [-0.2, -0.15) is 0 Å². The molecular formula is C13H18N2O4. The van der Waals surface area contributed by atoms with Gasteiger partial charge in [-0.3, -0.25) is 14.6 Å². The Labute approximate surface area is 111 Å². The van der Waals surface area contributed by atoms with Crippen LogP contribution in [0.4, 0.5) is 0 Å². The van der Waals surface area contributed by atoms with Gasteiger partial charge in [0.15, 0.2) is 0 Å². The fraction of sp³-hybridized carbons (Fsp3) is 0.462. The summed E-state index contributed by atoms with van der Waals surface area (Å²) in [5.74, 6) is -0.813. The van der Waals surface area contributed by atoms with Crippen LogP contribution in [0.2, 0.25) is 0 Å². The van der Waals surface area contributed by atoms with E-state index in [0.29, 0.717) is 17.7 Å². The van der Waals surface area contributed by atoms with Crippen molar-refractivity contribution in [2.45, 2.75) is 32.2 Å². The first-order chi connectivity index (χ1) is 8.85. The summed E-state index contributed by atoms with van der Waals surface area (Å²) in [4.78, 5) is 26.6. The van der Waals surface area contributed by atoms with Crippen molar-refractivity contribution in [3.8, 4) is 5.75 Å². The highest BCUT2D eigenvalue weighted by Crippen LogP contribution is 2.18. The SMILES string of the molecule is COc1cnccc1C(=O)NC(C)(C)CCC(=O)O. The van der Waals surface area contributed by atoms with Crippen molar-refractivity contribution in [2.75, 3.05) is 7.11 Å². The van der Waals surface area contributed by atoms with Gasteiger partial charge in [0.1, 0.15) is 5.75 Å². The van der Waals surface area contributed by atoms with E-state index in [4.69, 9.17) is 9.84 Å². The molecule has 1 amide bonds. The molecule has 104 valence electrons. The van der Waals surface area contributed by atoms with Crippen LogP contribution in [0.1, 0.15) is 37.0 Å². The van der Waals surface area contributed by atoms with Gasteiger partial charge < -0.3 is 15.2 Å². The number of methoxy groups -OCH3 is 1. The number of carboxylic acid groups (broad SMARTS) is 1. The number of amides is 1. The first-order valence-corrected chi connectivity index (χ1v) is 5.88. The number of pyridine rings is 1. The quantitative estimate of drug-likeness (QED) is 0.813. The Morgan fingerprint density at radius 2 is 2.16 bits per heavy atom. The van der Waals surface area contributed by atoms with Crippen molar-refractivity contribution >= 4 is 11.9 Å². The summed E-state index contributed by atoms with van der Waals surface area (Å²) in [6.07, 6.45) is 3.31. The number of rotatable bonds is 6. The van der Waals surface area contributed by atoms with Crippen LogP contribution in [0.25, 0.3) is 0 Å². The highest BCUT2D eigenvalue weighted by Gasteiger charge is 2.23. The standard InChI is InChI=1S/C13H18N2O4/c1-13(2,6-4-11(16)17)15-12(18)9-5-7-14-8-10(9)19-3/h5,7-8H,4,6H2,1-3H3,(H,15,18)(H,16,17). The van der Waals surface area contributed by atoms with Crippen molar-refractivity contribution in [2.24, 2.45) is 0 Å². The van der Waals surface area contributed by atoms with E-state index < -0.39 is 11.5 Å². The maximum atomic E-state index is 12.1. The highest BCUT2D eigenvalue weighted by molar-refractivity contribution is 5.97. The van der Waals surface area contributed by atoms with Crippen LogP contribution in [0, 0.1) is 0 Å². The van der Waals surface area contributed by atoms with Crippen LogP contribution in [0.3, 0.4) is 0 Å².